The van der Waals surface area contributed by atoms with E-state index in [0.717, 1.165) is 24.8 Å². The first-order chi connectivity index (χ1) is 10.2. The zero-order chi connectivity index (χ0) is 15.2. The van der Waals surface area contributed by atoms with Crippen LogP contribution in [-0.2, 0) is 16.0 Å². The number of esters is 1. The molecule has 5 nitrogen and oxygen atoms in total. The first kappa shape index (κ1) is 15.5. The van der Waals surface area contributed by atoms with Gasteiger partial charge in [-0.3, -0.25) is 9.59 Å². The minimum absolute atomic E-state index is 0.0297. The van der Waals surface area contributed by atoms with E-state index in [9.17, 15) is 9.59 Å². The Morgan fingerprint density at radius 3 is 2.48 bits per heavy atom. The molecular weight excluding hydrogens is 268 g/mol. The van der Waals surface area contributed by atoms with Crippen molar-refractivity contribution in [2.24, 2.45) is 5.73 Å². The lowest BCUT2D eigenvalue weighted by Gasteiger charge is -2.21. The highest BCUT2D eigenvalue weighted by Gasteiger charge is 2.34. The fraction of sp³-hybridized carbons (Fsp3) is 0.500. The molecule has 21 heavy (non-hydrogen) atoms. The molecule has 0 saturated heterocycles. The van der Waals surface area contributed by atoms with E-state index in [0.29, 0.717) is 18.7 Å². The summed E-state index contributed by atoms with van der Waals surface area (Å²) in [6.07, 6.45) is 2.70. The topological polar surface area (TPSA) is 72.6 Å². The Kier molecular flexibility index (Phi) is 5.33. The number of carbonyl (C=O) groups excluding carboxylic acids is 2. The average Bonchev–Trinajstić information content (AvgIpc) is 3.30. The number of nitrogens with two attached hydrogens (primary N) is 1. The Balaban J connectivity index is 2.05. The molecule has 1 aliphatic carbocycles. The summed E-state index contributed by atoms with van der Waals surface area (Å²) in [7, 11) is 0. The molecule has 0 atom stereocenters. The molecule has 0 aliphatic heterocycles. The van der Waals surface area contributed by atoms with Crippen LogP contribution in [0.1, 0.15) is 35.7 Å². The van der Waals surface area contributed by atoms with Crippen LogP contribution in [0, 0.1) is 0 Å². The molecule has 1 aromatic rings. The second kappa shape index (κ2) is 7.22. The molecule has 0 radical (unpaired) electrons. The highest BCUT2D eigenvalue weighted by molar-refractivity contribution is 5.96. The van der Waals surface area contributed by atoms with Gasteiger partial charge in [-0.15, -0.1) is 0 Å². The van der Waals surface area contributed by atoms with E-state index in [1.54, 1.807) is 24.0 Å². The molecule has 1 aromatic carbocycles. The van der Waals surface area contributed by atoms with Crippen molar-refractivity contribution in [1.82, 2.24) is 4.90 Å². The SMILES string of the molecule is CCOC(=O)CN(C(=O)c1ccc(CCN)cc1)C1CC1. The van der Waals surface area contributed by atoms with E-state index in [2.05, 4.69) is 0 Å². The van der Waals surface area contributed by atoms with E-state index in [1.165, 1.54) is 0 Å². The summed E-state index contributed by atoms with van der Waals surface area (Å²) in [6, 6.07) is 7.60. The predicted molar refractivity (Wildman–Crippen MR) is 79.9 cm³/mol. The Hall–Kier alpha value is -1.88. The number of benzene rings is 1. The quantitative estimate of drug-likeness (QED) is 0.769. The predicted octanol–water partition coefficient (Wildman–Crippen LogP) is 1.36. The van der Waals surface area contributed by atoms with Gasteiger partial charge in [-0.25, -0.2) is 0 Å². The van der Waals surface area contributed by atoms with Crippen LogP contribution in [0.2, 0.25) is 0 Å². The molecule has 1 fully saturated rings. The molecule has 0 heterocycles. The van der Waals surface area contributed by atoms with Crippen LogP contribution in [0.15, 0.2) is 24.3 Å². The third-order valence-electron chi connectivity index (χ3n) is 3.49. The lowest BCUT2D eigenvalue weighted by molar-refractivity contribution is -0.144. The summed E-state index contributed by atoms with van der Waals surface area (Å²) in [4.78, 5) is 25.8. The minimum Gasteiger partial charge on any atom is -0.465 e. The molecule has 0 unspecified atom stereocenters. The smallest absolute Gasteiger partial charge is 0.325 e. The van der Waals surface area contributed by atoms with Gasteiger partial charge in [0.05, 0.1) is 6.61 Å². The number of hydrogen-bond donors (Lipinski definition) is 1. The maximum Gasteiger partial charge on any atom is 0.325 e. The van der Waals surface area contributed by atoms with Gasteiger partial charge in [0.2, 0.25) is 0 Å². The van der Waals surface area contributed by atoms with Crippen LogP contribution < -0.4 is 5.73 Å². The van der Waals surface area contributed by atoms with Crippen LogP contribution in [0.5, 0.6) is 0 Å². The monoisotopic (exact) mass is 290 g/mol. The minimum atomic E-state index is -0.350. The Morgan fingerprint density at radius 2 is 1.95 bits per heavy atom. The van der Waals surface area contributed by atoms with Gasteiger partial charge >= 0.3 is 5.97 Å². The van der Waals surface area contributed by atoms with Crippen molar-refractivity contribution in [3.05, 3.63) is 35.4 Å². The molecule has 2 rings (SSSR count). The first-order valence-corrected chi connectivity index (χ1v) is 7.41. The van der Waals surface area contributed by atoms with Crippen molar-refractivity contribution in [3.63, 3.8) is 0 Å². The van der Waals surface area contributed by atoms with Crippen molar-refractivity contribution >= 4 is 11.9 Å². The summed E-state index contributed by atoms with van der Waals surface area (Å²) in [5.74, 6) is -0.456. The number of hydrogen-bond acceptors (Lipinski definition) is 4. The van der Waals surface area contributed by atoms with Gasteiger partial charge in [0.25, 0.3) is 5.91 Å². The maximum absolute atomic E-state index is 12.5. The molecule has 5 heteroatoms. The number of ether oxygens (including phenoxy) is 1. The second-order valence-corrected chi connectivity index (χ2v) is 5.20. The molecule has 0 aromatic heterocycles. The lowest BCUT2D eigenvalue weighted by atomic mass is 10.1. The van der Waals surface area contributed by atoms with Gasteiger partial charge in [-0.05, 0) is 50.4 Å². The van der Waals surface area contributed by atoms with E-state index >= 15 is 0 Å². The van der Waals surface area contributed by atoms with Gasteiger partial charge in [0, 0.05) is 11.6 Å². The molecule has 1 amide bonds. The summed E-state index contributed by atoms with van der Waals surface area (Å²) in [6.45, 7) is 2.71. The molecule has 0 spiro atoms. The van der Waals surface area contributed by atoms with Crippen molar-refractivity contribution in [2.75, 3.05) is 19.7 Å². The largest absolute Gasteiger partial charge is 0.465 e. The number of carbonyl (C=O) groups is 2. The third-order valence-corrected chi connectivity index (χ3v) is 3.49. The maximum atomic E-state index is 12.5. The van der Waals surface area contributed by atoms with E-state index in [4.69, 9.17) is 10.5 Å². The fourth-order valence-corrected chi connectivity index (χ4v) is 2.25. The Morgan fingerprint density at radius 1 is 1.29 bits per heavy atom. The molecule has 1 saturated carbocycles. The molecular formula is C16H22N2O3. The summed E-state index contributed by atoms with van der Waals surface area (Å²) in [5.41, 5.74) is 7.22. The van der Waals surface area contributed by atoms with Gasteiger partial charge in [0.1, 0.15) is 6.54 Å². The van der Waals surface area contributed by atoms with Gasteiger partial charge < -0.3 is 15.4 Å². The normalized spacial score (nSPS) is 13.8. The van der Waals surface area contributed by atoms with Crippen LogP contribution in [0.25, 0.3) is 0 Å². The van der Waals surface area contributed by atoms with E-state index in [-0.39, 0.29) is 24.5 Å². The van der Waals surface area contributed by atoms with Crippen molar-refractivity contribution in [3.8, 4) is 0 Å². The Bertz CT molecular complexity index is 495. The highest BCUT2D eigenvalue weighted by atomic mass is 16.5. The lowest BCUT2D eigenvalue weighted by Crippen LogP contribution is -2.38. The molecule has 2 N–H and O–H groups in total. The number of nitrogens with zero attached hydrogens (tertiary/aromatic N) is 1. The van der Waals surface area contributed by atoms with Crippen LogP contribution in [-0.4, -0.2) is 42.5 Å². The zero-order valence-corrected chi connectivity index (χ0v) is 12.4. The summed E-state index contributed by atoms with van der Waals surface area (Å²) < 4.78 is 4.94. The van der Waals surface area contributed by atoms with Crippen molar-refractivity contribution in [1.29, 1.82) is 0 Å². The van der Waals surface area contributed by atoms with Gasteiger partial charge in [-0.1, -0.05) is 12.1 Å². The van der Waals surface area contributed by atoms with Crippen molar-refractivity contribution in [2.45, 2.75) is 32.2 Å². The molecule has 114 valence electrons. The summed E-state index contributed by atoms with van der Waals surface area (Å²) >= 11 is 0. The van der Waals surface area contributed by atoms with Gasteiger partial charge in [-0.2, -0.15) is 0 Å². The summed E-state index contributed by atoms with van der Waals surface area (Å²) in [5, 5.41) is 0. The zero-order valence-electron chi connectivity index (χ0n) is 12.4. The number of rotatable bonds is 7. The van der Waals surface area contributed by atoms with Crippen LogP contribution in [0.4, 0.5) is 0 Å². The van der Waals surface area contributed by atoms with Gasteiger partial charge in [0.15, 0.2) is 0 Å². The standard InChI is InChI=1S/C16H22N2O3/c1-2-21-15(19)11-18(14-7-8-14)16(20)13-5-3-12(4-6-13)9-10-17/h3-6,14H,2,7-11,17H2,1H3. The first-order valence-electron chi connectivity index (χ1n) is 7.41. The average molecular weight is 290 g/mol. The van der Waals surface area contributed by atoms with E-state index in [1.807, 2.05) is 12.1 Å². The third kappa shape index (κ3) is 4.29. The van der Waals surface area contributed by atoms with Crippen molar-refractivity contribution < 1.29 is 14.3 Å². The Labute approximate surface area is 125 Å². The van der Waals surface area contributed by atoms with Crippen LogP contribution >= 0.6 is 0 Å². The number of amides is 1. The second-order valence-electron chi connectivity index (χ2n) is 5.20. The highest BCUT2D eigenvalue weighted by Crippen LogP contribution is 2.28. The molecule has 0 bridgehead atoms. The van der Waals surface area contributed by atoms with E-state index < -0.39 is 0 Å². The fourth-order valence-electron chi connectivity index (χ4n) is 2.25. The van der Waals surface area contributed by atoms with Crippen LogP contribution in [0.3, 0.4) is 0 Å². The molecule has 1 aliphatic rings.